The number of ether oxygens (including phenoxy) is 1. The Labute approximate surface area is 202 Å². The Kier molecular flexibility index (Phi) is 5.66. The van der Waals surface area contributed by atoms with Crippen LogP contribution in [0.5, 0.6) is 5.75 Å². The molecule has 1 aliphatic heterocycles. The highest BCUT2D eigenvalue weighted by molar-refractivity contribution is 6.30. The maximum atomic E-state index is 13.7. The number of amides is 1. The Bertz CT molecular complexity index is 1460. The molecule has 1 atom stereocenters. The summed E-state index contributed by atoms with van der Waals surface area (Å²) in [7, 11) is 1.63. The van der Waals surface area contributed by atoms with Crippen LogP contribution in [0.2, 0.25) is 5.02 Å². The van der Waals surface area contributed by atoms with E-state index >= 15 is 0 Å². The van der Waals surface area contributed by atoms with Crippen LogP contribution in [0.1, 0.15) is 44.4 Å². The molecular weight excluding hydrogens is 450 g/mol. The number of carbonyl (C=O) groups excluding carboxylic acids is 1. The van der Waals surface area contributed by atoms with Gasteiger partial charge in [0.05, 0.1) is 24.1 Å². The Morgan fingerprint density at radius 3 is 2.32 bits per heavy atom. The fraction of sp³-hybridized carbons (Fsp3) is 0.214. The number of rotatable bonds is 5. The van der Waals surface area contributed by atoms with E-state index in [0.29, 0.717) is 34.5 Å². The standard InChI is InChI=1S/C28H24ClNO4/c1-16-14-22-23(15-17(16)2)34-27-24(26(22)31)25(19-6-8-20(29)9-7-19)30(28(27)32)13-12-18-4-10-21(33-3)11-5-18/h4-11,14-15,25H,12-13H2,1-3H3. The summed E-state index contributed by atoms with van der Waals surface area (Å²) in [4.78, 5) is 29.0. The van der Waals surface area contributed by atoms with E-state index in [4.69, 9.17) is 20.8 Å². The molecule has 3 aromatic carbocycles. The molecule has 1 unspecified atom stereocenters. The van der Waals surface area contributed by atoms with Gasteiger partial charge in [-0.3, -0.25) is 9.59 Å². The Hall–Kier alpha value is -3.57. The molecule has 4 aromatic rings. The highest BCUT2D eigenvalue weighted by atomic mass is 35.5. The second-order valence-electron chi connectivity index (χ2n) is 8.66. The van der Waals surface area contributed by atoms with Gasteiger partial charge in [-0.2, -0.15) is 0 Å². The first-order chi connectivity index (χ1) is 16.4. The van der Waals surface area contributed by atoms with Crippen LogP contribution in [0.4, 0.5) is 0 Å². The number of hydrogen-bond acceptors (Lipinski definition) is 4. The molecule has 34 heavy (non-hydrogen) atoms. The monoisotopic (exact) mass is 473 g/mol. The minimum Gasteiger partial charge on any atom is -0.497 e. The van der Waals surface area contributed by atoms with Crippen molar-refractivity contribution in [1.82, 2.24) is 4.90 Å². The van der Waals surface area contributed by atoms with E-state index in [9.17, 15) is 9.59 Å². The second kappa shape index (κ2) is 8.65. The van der Waals surface area contributed by atoms with Crippen molar-refractivity contribution in [2.24, 2.45) is 0 Å². The van der Waals surface area contributed by atoms with Gasteiger partial charge in [-0.1, -0.05) is 35.9 Å². The van der Waals surface area contributed by atoms with Gasteiger partial charge in [0.15, 0.2) is 5.43 Å². The van der Waals surface area contributed by atoms with E-state index in [1.54, 1.807) is 24.1 Å². The topological polar surface area (TPSA) is 59.8 Å². The van der Waals surface area contributed by atoms with E-state index in [1.807, 2.05) is 62.4 Å². The molecule has 172 valence electrons. The van der Waals surface area contributed by atoms with Crippen LogP contribution in [0.25, 0.3) is 11.0 Å². The maximum absolute atomic E-state index is 13.7. The molecule has 1 aromatic heterocycles. The van der Waals surface area contributed by atoms with Gasteiger partial charge in [0.25, 0.3) is 5.91 Å². The van der Waals surface area contributed by atoms with Crippen LogP contribution < -0.4 is 10.2 Å². The first-order valence-electron chi connectivity index (χ1n) is 11.1. The smallest absolute Gasteiger partial charge is 0.290 e. The van der Waals surface area contributed by atoms with Crippen LogP contribution in [0.15, 0.2) is 69.9 Å². The average molecular weight is 474 g/mol. The first-order valence-corrected chi connectivity index (χ1v) is 11.5. The van der Waals surface area contributed by atoms with Gasteiger partial charge in [0.1, 0.15) is 11.3 Å². The van der Waals surface area contributed by atoms with Gasteiger partial charge >= 0.3 is 0 Å². The van der Waals surface area contributed by atoms with Crippen molar-refractivity contribution in [2.45, 2.75) is 26.3 Å². The molecule has 1 aliphatic rings. The van der Waals surface area contributed by atoms with Gasteiger partial charge in [-0.15, -0.1) is 0 Å². The third-order valence-electron chi connectivity index (χ3n) is 6.57. The summed E-state index contributed by atoms with van der Waals surface area (Å²) in [5.74, 6) is 0.621. The Morgan fingerprint density at radius 1 is 0.971 bits per heavy atom. The molecule has 5 nitrogen and oxygen atoms in total. The third-order valence-corrected chi connectivity index (χ3v) is 6.82. The molecule has 0 fully saturated rings. The lowest BCUT2D eigenvalue weighted by atomic mass is 9.97. The number of benzene rings is 3. The predicted molar refractivity (Wildman–Crippen MR) is 133 cm³/mol. The Balaban J connectivity index is 1.61. The molecule has 0 saturated carbocycles. The number of nitrogens with zero attached hydrogens (tertiary/aromatic N) is 1. The predicted octanol–water partition coefficient (Wildman–Crippen LogP) is 5.86. The first kappa shape index (κ1) is 22.2. The third kappa shape index (κ3) is 3.76. The molecular formula is C28H24ClNO4. The molecule has 0 aliphatic carbocycles. The van der Waals surface area contributed by atoms with Crippen molar-refractivity contribution < 1.29 is 13.9 Å². The summed E-state index contributed by atoms with van der Waals surface area (Å²) >= 11 is 6.12. The van der Waals surface area contributed by atoms with Crippen LogP contribution in [0.3, 0.4) is 0 Å². The zero-order valence-corrected chi connectivity index (χ0v) is 20.0. The van der Waals surface area contributed by atoms with Crippen LogP contribution in [-0.2, 0) is 6.42 Å². The second-order valence-corrected chi connectivity index (χ2v) is 9.09. The van der Waals surface area contributed by atoms with Gasteiger partial charge < -0.3 is 14.1 Å². The van der Waals surface area contributed by atoms with Crippen LogP contribution in [-0.4, -0.2) is 24.5 Å². The number of fused-ring (bicyclic) bond motifs is 2. The highest BCUT2D eigenvalue weighted by Gasteiger charge is 2.42. The molecule has 0 saturated heterocycles. The van der Waals surface area contributed by atoms with Crippen molar-refractivity contribution in [1.29, 1.82) is 0 Å². The average Bonchev–Trinajstić information content (AvgIpc) is 3.11. The summed E-state index contributed by atoms with van der Waals surface area (Å²) < 4.78 is 11.3. The fourth-order valence-electron chi connectivity index (χ4n) is 4.54. The van der Waals surface area contributed by atoms with Crippen molar-refractivity contribution in [3.63, 3.8) is 0 Å². The summed E-state index contributed by atoms with van der Waals surface area (Å²) in [6.07, 6.45) is 0.625. The van der Waals surface area contributed by atoms with Gasteiger partial charge in [0.2, 0.25) is 5.76 Å². The van der Waals surface area contributed by atoms with Crippen molar-refractivity contribution in [2.75, 3.05) is 13.7 Å². The molecule has 1 amide bonds. The van der Waals surface area contributed by atoms with E-state index in [2.05, 4.69) is 0 Å². The van der Waals surface area contributed by atoms with Gasteiger partial charge in [0, 0.05) is 11.6 Å². The van der Waals surface area contributed by atoms with E-state index in [1.165, 1.54) is 0 Å². The van der Waals surface area contributed by atoms with Gasteiger partial charge in [-0.25, -0.2) is 0 Å². The van der Waals surface area contributed by atoms with E-state index in [-0.39, 0.29) is 17.1 Å². The van der Waals surface area contributed by atoms with Gasteiger partial charge in [-0.05, 0) is 78.9 Å². The number of carbonyl (C=O) groups is 1. The molecule has 0 bridgehead atoms. The molecule has 0 radical (unpaired) electrons. The van der Waals surface area contributed by atoms with Crippen molar-refractivity contribution in [3.05, 3.63) is 109 Å². The molecule has 6 heteroatoms. The number of aryl methyl sites for hydroxylation is 2. The lowest BCUT2D eigenvalue weighted by molar-refractivity contribution is 0.0730. The molecule has 5 rings (SSSR count). The lowest BCUT2D eigenvalue weighted by Gasteiger charge is -2.25. The minimum atomic E-state index is -0.541. The van der Waals surface area contributed by atoms with E-state index < -0.39 is 6.04 Å². The normalized spacial score (nSPS) is 15.1. The highest BCUT2D eigenvalue weighted by Crippen LogP contribution is 2.38. The molecule has 0 N–H and O–H groups in total. The van der Waals surface area contributed by atoms with Crippen LogP contribution in [0, 0.1) is 13.8 Å². The maximum Gasteiger partial charge on any atom is 0.290 e. The number of hydrogen-bond donors (Lipinski definition) is 0. The zero-order valence-electron chi connectivity index (χ0n) is 19.2. The SMILES string of the molecule is COc1ccc(CCN2C(=O)c3oc4cc(C)c(C)cc4c(=O)c3C2c2ccc(Cl)cc2)cc1. The molecule has 2 heterocycles. The number of methoxy groups -OCH3 is 1. The van der Waals surface area contributed by atoms with Crippen LogP contribution >= 0.6 is 11.6 Å². The summed E-state index contributed by atoms with van der Waals surface area (Å²) in [5, 5.41) is 1.08. The number of halogens is 1. The minimum absolute atomic E-state index is 0.121. The quantitative estimate of drug-likeness (QED) is 0.364. The lowest BCUT2D eigenvalue weighted by Crippen LogP contribution is -2.31. The molecule has 0 spiro atoms. The van der Waals surface area contributed by atoms with E-state index in [0.717, 1.165) is 28.0 Å². The summed E-state index contributed by atoms with van der Waals surface area (Å²) in [6, 6.07) is 18.2. The van der Waals surface area contributed by atoms with Crippen molar-refractivity contribution >= 4 is 28.5 Å². The zero-order chi connectivity index (χ0) is 24.0. The summed E-state index contributed by atoms with van der Waals surface area (Å²) in [6.45, 7) is 4.35. The van der Waals surface area contributed by atoms with Crippen molar-refractivity contribution in [3.8, 4) is 5.75 Å². The fourth-order valence-corrected chi connectivity index (χ4v) is 4.67. The largest absolute Gasteiger partial charge is 0.497 e. The Morgan fingerprint density at radius 2 is 1.65 bits per heavy atom. The summed E-state index contributed by atoms with van der Waals surface area (Å²) in [5.41, 5.74) is 4.55.